The molecule has 0 fully saturated rings. The lowest BCUT2D eigenvalue weighted by atomic mass is 10.1. The number of hydrogen-bond acceptors (Lipinski definition) is 7. The molecule has 0 radical (unpaired) electrons. The van der Waals surface area contributed by atoms with E-state index in [1.54, 1.807) is 49.6 Å². The Bertz CT molecular complexity index is 1060. The minimum absolute atomic E-state index is 0.310. The van der Waals surface area contributed by atoms with E-state index >= 15 is 0 Å². The topological polar surface area (TPSA) is 80.3 Å². The van der Waals surface area contributed by atoms with Crippen molar-refractivity contribution in [3.8, 4) is 17.2 Å². The Morgan fingerprint density at radius 1 is 0.625 bits per heavy atom. The average Bonchev–Trinajstić information content (AvgIpc) is 2.86. The zero-order valence-corrected chi connectivity index (χ0v) is 18.1. The van der Waals surface area contributed by atoms with Crippen molar-refractivity contribution >= 4 is 11.9 Å². The normalized spacial score (nSPS) is 10.2. The number of benzene rings is 3. The van der Waals surface area contributed by atoms with Gasteiger partial charge in [-0.1, -0.05) is 24.3 Å². The van der Waals surface area contributed by atoms with E-state index in [-0.39, 0.29) is 11.9 Å². The van der Waals surface area contributed by atoms with Gasteiger partial charge in [0.25, 0.3) is 0 Å². The largest absolute Gasteiger partial charge is 0.493 e. The molecular weight excluding hydrogens is 412 g/mol. The quantitative estimate of drug-likeness (QED) is 0.459. The highest BCUT2D eigenvalue weighted by molar-refractivity contribution is 5.89. The number of methoxy groups -OCH3 is 3. The molecule has 0 heterocycles. The van der Waals surface area contributed by atoms with Crippen molar-refractivity contribution in [3.05, 3.63) is 89.0 Å². The van der Waals surface area contributed by atoms with Gasteiger partial charge in [-0.15, -0.1) is 0 Å². The molecule has 166 valence electrons. The second kappa shape index (κ2) is 10.9. The van der Waals surface area contributed by atoms with Crippen LogP contribution in [0.3, 0.4) is 0 Å². The summed E-state index contributed by atoms with van der Waals surface area (Å²) in [6.45, 7) is 0.641. The number of hydrogen-bond donors (Lipinski definition) is 0. The van der Waals surface area contributed by atoms with Gasteiger partial charge < -0.3 is 23.7 Å². The van der Waals surface area contributed by atoms with Gasteiger partial charge in [-0.2, -0.15) is 0 Å². The summed E-state index contributed by atoms with van der Waals surface area (Å²) in [6, 6.07) is 19.3. The van der Waals surface area contributed by atoms with Gasteiger partial charge in [0.05, 0.1) is 32.5 Å². The molecule has 0 saturated heterocycles. The maximum atomic E-state index is 11.5. The fourth-order valence-corrected chi connectivity index (χ4v) is 2.89. The molecule has 0 saturated carbocycles. The van der Waals surface area contributed by atoms with Crippen molar-refractivity contribution in [2.45, 2.75) is 13.2 Å². The summed E-state index contributed by atoms with van der Waals surface area (Å²) < 4.78 is 26.5. The third-order valence-electron chi connectivity index (χ3n) is 4.68. The average molecular weight is 436 g/mol. The van der Waals surface area contributed by atoms with Gasteiger partial charge >= 0.3 is 11.9 Å². The molecule has 3 aromatic carbocycles. The standard InChI is InChI=1S/C25H24O7/c1-28-23-14-21(31-15-17-4-8-19(9-5-17)24(26)29-2)12-13-22(23)32-16-18-6-10-20(11-7-18)25(27)30-3/h4-14H,15-16H2,1-3H3. The summed E-state index contributed by atoms with van der Waals surface area (Å²) in [6.07, 6.45) is 0. The highest BCUT2D eigenvalue weighted by atomic mass is 16.5. The van der Waals surface area contributed by atoms with E-state index < -0.39 is 0 Å². The summed E-state index contributed by atoms with van der Waals surface area (Å²) in [7, 11) is 4.25. The first kappa shape index (κ1) is 22.7. The molecule has 3 rings (SSSR count). The fourth-order valence-electron chi connectivity index (χ4n) is 2.89. The summed E-state index contributed by atoms with van der Waals surface area (Å²) in [4.78, 5) is 23.0. The highest BCUT2D eigenvalue weighted by Crippen LogP contribution is 2.32. The molecule has 0 aliphatic heterocycles. The van der Waals surface area contributed by atoms with Crippen LogP contribution in [0, 0.1) is 0 Å². The van der Waals surface area contributed by atoms with E-state index in [0.29, 0.717) is 41.6 Å². The minimum atomic E-state index is -0.380. The van der Waals surface area contributed by atoms with Crippen LogP contribution < -0.4 is 14.2 Å². The first-order valence-electron chi connectivity index (χ1n) is 9.82. The molecule has 0 bridgehead atoms. The molecule has 0 aromatic heterocycles. The SMILES string of the molecule is COC(=O)c1ccc(COc2ccc(OCc3ccc(C(=O)OC)cc3)c(OC)c2)cc1. The molecule has 0 atom stereocenters. The first-order valence-corrected chi connectivity index (χ1v) is 9.82. The Balaban J connectivity index is 1.59. The van der Waals surface area contributed by atoms with Crippen molar-refractivity contribution in [2.24, 2.45) is 0 Å². The van der Waals surface area contributed by atoms with Gasteiger partial charge in [-0.05, 0) is 47.5 Å². The van der Waals surface area contributed by atoms with Crippen LogP contribution in [0.15, 0.2) is 66.7 Å². The molecule has 7 nitrogen and oxygen atoms in total. The van der Waals surface area contributed by atoms with Gasteiger partial charge in [0, 0.05) is 6.07 Å². The van der Waals surface area contributed by atoms with E-state index in [0.717, 1.165) is 11.1 Å². The Labute approximate surface area is 186 Å². The number of carbonyl (C=O) groups excluding carboxylic acids is 2. The van der Waals surface area contributed by atoms with Crippen LogP contribution in [0.25, 0.3) is 0 Å². The maximum Gasteiger partial charge on any atom is 0.337 e. The predicted molar refractivity (Wildman–Crippen MR) is 117 cm³/mol. The lowest BCUT2D eigenvalue weighted by Crippen LogP contribution is -2.03. The molecule has 0 unspecified atom stereocenters. The second-order valence-electron chi connectivity index (χ2n) is 6.77. The van der Waals surface area contributed by atoms with E-state index in [4.69, 9.17) is 23.7 Å². The molecule has 3 aromatic rings. The van der Waals surface area contributed by atoms with E-state index in [1.807, 2.05) is 24.3 Å². The summed E-state index contributed by atoms with van der Waals surface area (Å²) in [5, 5.41) is 0. The van der Waals surface area contributed by atoms with Gasteiger partial charge in [0.2, 0.25) is 0 Å². The van der Waals surface area contributed by atoms with Crippen LogP contribution in [0.1, 0.15) is 31.8 Å². The van der Waals surface area contributed by atoms with Crippen LogP contribution in [0.5, 0.6) is 17.2 Å². The minimum Gasteiger partial charge on any atom is -0.493 e. The summed E-state index contributed by atoms with van der Waals surface area (Å²) in [5.74, 6) is 0.967. The van der Waals surface area contributed by atoms with Crippen LogP contribution in [0.4, 0.5) is 0 Å². The number of ether oxygens (including phenoxy) is 5. The molecule has 32 heavy (non-hydrogen) atoms. The monoisotopic (exact) mass is 436 g/mol. The lowest BCUT2D eigenvalue weighted by Gasteiger charge is -2.13. The molecule has 0 aliphatic carbocycles. The predicted octanol–water partition coefficient (Wildman–Crippen LogP) is 4.43. The number of esters is 2. The summed E-state index contributed by atoms with van der Waals surface area (Å²) >= 11 is 0. The zero-order valence-electron chi connectivity index (χ0n) is 18.1. The Morgan fingerprint density at radius 2 is 1.12 bits per heavy atom. The third kappa shape index (κ3) is 5.78. The van der Waals surface area contributed by atoms with Crippen molar-refractivity contribution in [2.75, 3.05) is 21.3 Å². The Morgan fingerprint density at radius 3 is 1.59 bits per heavy atom. The smallest absolute Gasteiger partial charge is 0.337 e. The van der Waals surface area contributed by atoms with Crippen molar-refractivity contribution < 1.29 is 33.3 Å². The van der Waals surface area contributed by atoms with E-state index in [1.165, 1.54) is 14.2 Å². The fraction of sp³-hybridized carbons (Fsp3) is 0.200. The Kier molecular flexibility index (Phi) is 7.70. The van der Waals surface area contributed by atoms with Gasteiger partial charge in [-0.3, -0.25) is 0 Å². The molecule has 0 amide bonds. The number of carbonyl (C=O) groups is 2. The van der Waals surface area contributed by atoms with E-state index in [2.05, 4.69) is 0 Å². The second-order valence-corrected chi connectivity index (χ2v) is 6.77. The molecule has 0 aliphatic rings. The molecule has 0 spiro atoms. The molecule has 0 N–H and O–H groups in total. The van der Waals surface area contributed by atoms with Gasteiger partial charge in [-0.25, -0.2) is 9.59 Å². The van der Waals surface area contributed by atoms with Crippen LogP contribution in [-0.4, -0.2) is 33.3 Å². The van der Waals surface area contributed by atoms with Crippen molar-refractivity contribution in [3.63, 3.8) is 0 Å². The molecular formula is C25H24O7. The summed E-state index contributed by atoms with van der Waals surface area (Å²) in [5.41, 5.74) is 2.78. The van der Waals surface area contributed by atoms with Crippen LogP contribution >= 0.6 is 0 Å². The van der Waals surface area contributed by atoms with Gasteiger partial charge in [0.1, 0.15) is 19.0 Å². The first-order chi connectivity index (χ1) is 15.5. The van der Waals surface area contributed by atoms with Crippen LogP contribution in [-0.2, 0) is 22.7 Å². The lowest BCUT2D eigenvalue weighted by molar-refractivity contribution is 0.0592. The zero-order chi connectivity index (χ0) is 22.9. The molecule has 7 heteroatoms. The Hall–Kier alpha value is -4.00. The van der Waals surface area contributed by atoms with Gasteiger partial charge in [0.15, 0.2) is 11.5 Å². The van der Waals surface area contributed by atoms with Crippen LogP contribution in [0.2, 0.25) is 0 Å². The third-order valence-corrected chi connectivity index (χ3v) is 4.68. The number of rotatable bonds is 9. The van der Waals surface area contributed by atoms with Crippen molar-refractivity contribution in [1.29, 1.82) is 0 Å². The highest BCUT2D eigenvalue weighted by Gasteiger charge is 2.09. The van der Waals surface area contributed by atoms with E-state index in [9.17, 15) is 9.59 Å². The van der Waals surface area contributed by atoms with Crippen molar-refractivity contribution in [1.82, 2.24) is 0 Å². The maximum absolute atomic E-state index is 11.5.